The minimum Gasteiger partial charge on any atom is -0.322 e. The van der Waals surface area contributed by atoms with Crippen molar-refractivity contribution in [1.29, 1.82) is 0 Å². The van der Waals surface area contributed by atoms with Gasteiger partial charge in [0.25, 0.3) is 5.91 Å². The summed E-state index contributed by atoms with van der Waals surface area (Å²) in [7, 11) is -3.86. The number of hydrogen-bond acceptors (Lipinski definition) is 3. The molecular formula is C20H21N3O3S. The Morgan fingerprint density at radius 2 is 1.74 bits per heavy atom. The SMILES string of the molecule is CC1=NS(=O)(=O)N(Cc2ccccc2)C=C1C(=O)Nc1ccc(C)c(C)c1. The molecule has 27 heavy (non-hydrogen) atoms. The number of hydrogen-bond donors (Lipinski definition) is 1. The van der Waals surface area contributed by atoms with Crippen LogP contribution in [0, 0.1) is 13.8 Å². The number of nitrogens with one attached hydrogen (secondary N) is 1. The van der Waals surface area contributed by atoms with Crippen molar-refractivity contribution < 1.29 is 13.2 Å². The molecule has 3 rings (SSSR count). The van der Waals surface area contributed by atoms with Crippen molar-refractivity contribution in [2.45, 2.75) is 27.3 Å². The standard InChI is InChI=1S/C20H21N3O3S/c1-14-9-10-18(11-15(14)2)21-20(24)19-13-23(27(25,26)22-16(19)3)12-17-7-5-4-6-8-17/h4-11,13H,12H2,1-3H3,(H,21,24). The molecule has 6 nitrogen and oxygen atoms in total. The zero-order valence-corrected chi connectivity index (χ0v) is 16.2. The van der Waals surface area contributed by atoms with E-state index in [1.165, 1.54) is 13.1 Å². The van der Waals surface area contributed by atoms with Crippen molar-refractivity contribution in [2.24, 2.45) is 4.40 Å². The molecule has 1 aliphatic rings. The first kappa shape index (κ1) is 18.8. The molecule has 0 aliphatic carbocycles. The van der Waals surface area contributed by atoms with E-state index in [0.29, 0.717) is 5.69 Å². The molecule has 0 atom stereocenters. The van der Waals surface area contributed by atoms with Gasteiger partial charge in [-0.3, -0.25) is 9.10 Å². The average molecular weight is 383 g/mol. The molecule has 1 heterocycles. The van der Waals surface area contributed by atoms with Gasteiger partial charge in [-0.1, -0.05) is 36.4 Å². The van der Waals surface area contributed by atoms with Crippen LogP contribution in [0.2, 0.25) is 0 Å². The Kier molecular flexibility index (Phi) is 5.14. The van der Waals surface area contributed by atoms with Crippen LogP contribution in [0.15, 0.2) is 64.7 Å². The molecule has 1 N–H and O–H groups in total. The maximum atomic E-state index is 12.7. The van der Waals surface area contributed by atoms with Crippen LogP contribution in [-0.2, 0) is 21.5 Å². The smallest absolute Gasteiger partial charge is 0.322 e. The second-order valence-electron chi connectivity index (χ2n) is 6.48. The molecular weight excluding hydrogens is 362 g/mol. The second kappa shape index (κ2) is 7.36. The first-order valence-electron chi connectivity index (χ1n) is 8.49. The van der Waals surface area contributed by atoms with E-state index in [2.05, 4.69) is 9.71 Å². The van der Waals surface area contributed by atoms with E-state index in [0.717, 1.165) is 21.0 Å². The van der Waals surface area contributed by atoms with E-state index >= 15 is 0 Å². The van der Waals surface area contributed by atoms with Gasteiger partial charge in [-0.05, 0) is 49.6 Å². The van der Waals surface area contributed by atoms with Crippen LogP contribution < -0.4 is 5.32 Å². The Hall–Kier alpha value is -2.93. The first-order valence-corrected chi connectivity index (χ1v) is 9.89. The van der Waals surface area contributed by atoms with Gasteiger partial charge in [-0.25, -0.2) is 0 Å². The van der Waals surface area contributed by atoms with Gasteiger partial charge in [0.1, 0.15) is 0 Å². The number of anilines is 1. The number of rotatable bonds is 4. The molecule has 0 spiro atoms. The summed E-state index contributed by atoms with van der Waals surface area (Å²) in [5.74, 6) is -0.396. The van der Waals surface area contributed by atoms with Crippen molar-refractivity contribution in [1.82, 2.24) is 4.31 Å². The number of aryl methyl sites for hydroxylation is 2. The Bertz CT molecular complexity index is 1040. The van der Waals surface area contributed by atoms with E-state index in [9.17, 15) is 13.2 Å². The molecule has 0 saturated heterocycles. The molecule has 0 fully saturated rings. The molecule has 2 aromatic rings. The van der Waals surface area contributed by atoms with Crippen molar-refractivity contribution >= 4 is 27.5 Å². The largest absolute Gasteiger partial charge is 0.344 e. The van der Waals surface area contributed by atoms with Crippen LogP contribution in [-0.4, -0.2) is 24.3 Å². The van der Waals surface area contributed by atoms with E-state index in [1.54, 1.807) is 0 Å². The van der Waals surface area contributed by atoms with Crippen molar-refractivity contribution in [3.05, 3.63) is 77.0 Å². The zero-order valence-electron chi connectivity index (χ0n) is 15.4. The summed E-state index contributed by atoms with van der Waals surface area (Å²) in [5.41, 5.74) is 4.03. The van der Waals surface area contributed by atoms with Gasteiger partial charge in [0.05, 0.1) is 17.8 Å². The van der Waals surface area contributed by atoms with Crippen LogP contribution in [0.1, 0.15) is 23.6 Å². The Morgan fingerprint density at radius 1 is 1.04 bits per heavy atom. The summed E-state index contributed by atoms with van der Waals surface area (Å²) in [6, 6.07) is 14.8. The summed E-state index contributed by atoms with van der Waals surface area (Å²) >= 11 is 0. The summed E-state index contributed by atoms with van der Waals surface area (Å²) < 4.78 is 29.6. The van der Waals surface area contributed by atoms with Gasteiger partial charge < -0.3 is 5.32 Å². The summed E-state index contributed by atoms with van der Waals surface area (Å²) in [6.45, 7) is 5.59. The van der Waals surface area contributed by atoms with Gasteiger partial charge in [-0.15, -0.1) is 4.40 Å². The number of amides is 1. The van der Waals surface area contributed by atoms with Gasteiger partial charge in [-0.2, -0.15) is 8.42 Å². The fourth-order valence-electron chi connectivity index (χ4n) is 2.71. The number of carbonyl (C=O) groups excluding carboxylic acids is 1. The number of nitrogens with zero attached hydrogens (tertiary/aromatic N) is 2. The molecule has 1 amide bonds. The Labute approximate surface area is 159 Å². The summed E-state index contributed by atoms with van der Waals surface area (Å²) in [5, 5.41) is 2.81. The van der Waals surface area contributed by atoms with Gasteiger partial charge >= 0.3 is 10.2 Å². The third-order valence-electron chi connectivity index (χ3n) is 4.40. The molecule has 0 saturated carbocycles. The minimum atomic E-state index is -3.86. The van der Waals surface area contributed by atoms with Gasteiger partial charge in [0, 0.05) is 11.9 Å². The lowest BCUT2D eigenvalue weighted by molar-refractivity contribution is -0.112. The highest BCUT2D eigenvalue weighted by Crippen LogP contribution is 2.21. The minimum absolute atomic E-state index is 0.111. The number of benzene rings is 2. The van der Waals surface area contributed by atoms with Crippen molar-refractivity contribution in [2.75, 3.05) is 5.32 Å². The summed E-state index contributed by atoms with van der Waals surface area (Å²) in [6.07, 6.45) is 1.35. The molecule has 0 unspecified atom stereocenters. The van der Waals surface area contributed by atoms with E-state index in [4.69, 9.17) is 0 Å². The molecule has 1 aliphatic heterocycles. The lowest BCUT2D eigenvalue weighted by Gasteiger charge is -2.23. The highest BCUT2D eigenvalue weighted by atomic mass is 32.2. The second-order valence-corrected chi connectivity index (χ2v) is 8.03. The molecule has 2 aromatic carbocycles. The maximum Gasteiger partial charge on any atom is 0.344 e. The highest BCUT2D eigenvalue weighted by Gasteiger charge is 2.28. The quantitative estimate of drug-likeness (QED) is 0.879. The van der Waals surface area contributed by atoms with Crippen LogP contribution in [0.4, 0.5) is 5.69 Å². The molecule has 0 bridgehead atoms. The molecule has 0 radical (unpaired) electrons. The molecule has 140 valence electrons. The van der Waals surface area contributed by atoms with Crippen LogP contribution in [0.5, 0.6) is 0 Å². The predicted molar refractivity (Wildman–Crippen MR) is 107 cm³/mol. The van der Waals surface area contributed by atoms with Crippen LogP contribution in [0.25, 0.3) is 0 Å². The van der Waals surface area contributed by atoms with E-state index in [1.807, 2.05) is 62.4 Å². The van der Waals surface area contributed by atoms with Crippen LogP contribution >= 0.6 is 0 Å². The lowest BCUT2D eigenvalue weighted by atomic mass is 10.1. The highest BCUT2D eigenvalue weighted by molar-refractivity contribution is 7.88. The first-order chi connectivity index (χ1) is 12.8. The Morgan fingerprint density at radius 3 is 2.41 bits per heavy atom. The maximum absolute atomic E-state index is 12.7. The predicted octanol–water partition coefficient (Wildman–Crippen LogP) is 3.35. The Balaban J connectivity index is 1.87. The summed E-state index contributed by atoms with van der Waals surface area (Å²) in [4.78, 5) is 12.7. The third-order valence-corrected chi connectivity index (χ3v) is 5.73. The normalized spacial score (nSPS) is 15.7. The van der Waals surface area contributed by atoms with E-state index in [-0.39, 0.29) is 17.8 Å². The molecule has 0 aromatic heterocycles. The van der Waals surface area contributed by atoms with Crippen LogP contribution in [0.3, 0.4) is 0 Å². The topological polar surface area (TPSA) is 78.8 Å². The van der Waals surface area contributed by atoms with Gasteiger partial charge in [0.2, 0.25) is 0 Å². The average Bonchev–Trinajstić information content (AvgIpc) is 2.61. The fraction of sp³-hybridized carbons (Fsp3) is 0.200. The zero-order chi connectivity index (χ0) is 19.6. The monoisotopic (exact) mass is 383 g/mol. The third kappa shape index (κ3) is 4.25. The van der Waals surface area contributed by atoms with E-state index < -0.39 is 16.1 Å². The number of carbonyl (C=O) groups is 1. The van der Waals surface area contributed by atoms with Gasteiger partial charge in [0.15, 0.2) is 0 Å². The molecule has 7 heteroatoms. The van der Waals surface area contributed by atoms with Crippen molar-refractivity contribution in [3.63, 3.8) is 0 Å². The fourth-order valence-corrected chi connectivity index (χ4v) is 3.81. The lowest BCUT2D eigenvalue weighted by Crippen LogP contribution is -2.32. The van der Waals surface area contributed by atoms with Crippen molar-refractivity contribution in [3.8, 4) is 0 Å².